The van der Waals surface area contributed by atoms with Gasteiger partial charge in [0.05, 0.1) is 23.0 Å². The molecule has 1 fully saturated rings. The number of amides is 2. The van der Waals surface area contributed by atoms with Gasteiger partial charge >= 0.3 is 6.18 Å². The molecule has 0 bridgehead atoms. The Hall–Kier alpha value is -3.33. The smallest absolute Gasteiger partial charge is 0.345 e. The molecule has 33 heavy (non-hydrogen) atoms. The third-order valence-corrected chi connectivity index (χ3v) is 5.56. The highest BCUT2D eigenvalue weighted by Crippen LogP contribution is 2.36. The van der Waals surface area contributed by atoms with E-state index >= 15 is 0 Å². The van der Waals surface area contributed by atoms with Crippen LogP contribution in [0.2, 0.25) is 0 Å². The van der Waals surface area contributed by atoms with Gasteiger partial charge in [0.15, 0.2) is 11.2 Å². The first kappa shape index (κ1) is 24.3. The van der Waals surface area contributed by atoms with Crippen molar-refractivity contribution in [2.75, 3.05) is 30.4 Å². The summed E-state index contributed by atoms with van der Waals surface area (Å²) in [5.41, 5.74) is -3.23. The van der Waals surface area contributed by atoms with E-state index in [1.807, 2.05) is 0 Å². The monoisotopic (exact) mass is 481 g/mol. The second-order valence-electron chi connectivity index (χ2n) is 7.47. The minimum atomic E-state index is -4.85. The van der Waals surface area contributed by atoms with Crippen LogP contribution in [-0.2, 0) is 11.0 Å². The van der Waals surface area contributed by atoms with E-state index in [0.717, 1.165) is 17.2 Å². The van der Waals surface area contributed by atoms with Crippen molar-refractivity contribution in [3.63, 3.8) is 0 Å². The number of nitrogens with zero attached hydrogens (tertiary/aromatic N) is 5. The summed E-state index contributed by atoms with van der Waals surface area (Å²) in [5.74, 6) is -1.82. The molecule has 12 heteroatoms. The average molecular weight is 481 g/mol. The van der Waals surface area contributed by atoms with Crippen molar-refractivity contribution < 1.29 is 27.2 Å². The SMILES string of the molecule is CN(C)C(=O)c1ccc(N2CCCC(=O)N(c3cnc(C#N)c(C(F)(F)F)c3)C2S)cc1F. The van der Waals surface area contributed by atoms with Crippen LogP contribution in [0.25, 0.3) is 0 Å². The lowest BCUT2D eigenvalue weighted by Crippen LogP contribution is -2.46. The fourth-order valence-electron chi connectivity index (χ4n) is 3.43. The number of halogens is 4. The quantitative estimate of drug-likeness (QED) is 0.535. The highest BCUT2D eigenvalue weighted by molar-refractivity contribution is 7.81. The summed E-state index contributed by atoms with van der Waals surface area (Å²) in [5, 5.41) is 8.97. The Morgan fingerprint density at radius 1 is 1.27 bits per heavy atom. The van der Waals surface area contributed by atoms with Gasteiger partial charge < -0.3 is 9.80 Å². The van der Waals surface area contributed by atoms with Gasteiger partial charge in [-0.3, -0.25) is 14.5 Å². The fourth-order valence-corrected chi connectivity index (χ4v) is 3.94. The van der Waals surface area contributed by atoms with E-state index in [4.69, 9.17) is 5.26 Å². The number of rotatable bonds is 3. The van der Waals surface area contributed by atoms with E-state index < -0.39 is 40.6 Å². The van der Waals surface area contributed by atoms with Crippen molar-refractivity contribution in [3.05, 3.63) is 53.1 Å². The molecule has 0 spiro atoms. The summed E-state index contributed by atoms with van der Waals surface area (Å²) >= 11 is 4.45. The molecule has 1 aliphatic heterocycles. The third kappa shape index (κ3) is 4.88. The number of nitriles is 1. The first-order valence-corrected chi connectivity index (χ1v) is 10.2. The molecule has 1 unspecified atom stereocenters. The maximum atomic E-state index is 14.7. The fraction of sp³-hybridized carbons (Fsp3) is 0.333. The minimum Gasteiger partial charge on any atom is -0.345 e. The van der Waals surface area contributed by atoms with E-state index in [0.29, 0.717) is 18.2 Å². The van der Waals surface area contributed by atoms with E-state index in [1.165, 1.54) is 42.1 Å². The van der Waals surface area contributed by atoms with E-state index in [9.17, 15) is 27.2 Å². The number of carbonyl (C=O) groups is 2. The molecule has 3 rings (SSSR count). The van der Waals surface area contributed by atoms with Crippen LogP contribution in [0.1, 0.15) is 34.5 Å². The number of hydrogen-bond acceptors (Lipinski definition) is 6. The number of pyridine rings is 1. The van der Waals surface area contributed by atoms with E-state index in [-0.39, 0.29) is 24.2 Å². The molecule has 1 aliphatic rings. The van der Waals surface area contributed by atoms with Gasteiger partial charge in [0.2, 0.25) is 5.91 Å². The predicted octanol–water partition coefficient (Wildman–Crippen LogP) is 3.66. The molecule has 0 saturated carbocycles. The molecule has 1 aromatic carbocycles. The van der Waals surface area contributed by atoms with Crippen LogP contribution in [0.15, 0.2) is 30.5 Å². The Balaban J connectivity index is 2.03. The van der Waals surface area contributed by atoms with Crippen molar-refractivity contribution in [1.29, 1.82) is 5.26 Å². The summed E-state index contributed by atoms with van der Waals surface area (Å²) in [7, 11) is 2.97. The molecular formula is C21H19F4N5O2S. The highest BCUT2D eigenvalue weighted by atomic mass is 32.1. The van der Waals surface area contributed by atoms with Crippen LogP contribution in [0.3, 0.4) is 0 Å². The van der Waals surface area contributed by atoms with Crippen molar-refractivity contribution in [2.45, 2.75) is 24.5 Å². The van der Waals surface area contributed by atoms with Crippen LogP contribution < -0.4 is 9.80 Å². The lowest BCUT2D eigenvalue weighted by Gasteiger charge is -2.36. The number of aromatic nitrogens is 1. The predicted molar refractivity (Wildman–Crippen MR) is 115 cm³/mol. The number of anilines is 2. The molecule has 174 valence electrons. The minimum absolute atomic E-state index is 0.00853. The lowest BCUT2D eigenvalue weighted by atomic mass is 10.1. The van der Waals surface area contributed by atoms with Gasteiger partial charge in [-0.1, -0.05) is 0 Å². The first-order valence-electron chi connectivity index (χ1n) is 9.71. The van der Waals surface area contributed by atoms with Gasteiger partial charge in [-0.2, -0.15) is 18.4 Å². The second-order valence-corrected chi connectivity index (χ2v) is 7.93. The Labute approximate surface area is 192 Å². The zero-order valence-electron chi connectivity index (χ0n) is 17.6. The Bertz CT molecular complexity index is 1130. The van der Waals surface area contributed by atoms with E-state index in [1.54, 1.807) is 0 Å². The van der Waals surface area contributed by atoms with Crippen LogP contribution in [0.5, 0.6) is 0 Å². The van der Waals surface area contributed by atoms with Crippen LogP contribution >= 0.6 is 12.6 Å². The second kappa shape index (κ2) is 9.27. The highest BCUT2D eigenvalue weighted by Gasteiger charge is 2.37. The Morgan fingerprint density at radius 2 is 1.97 bits per heavy atom. The van der Waals surface area contributed by atoms with Crippen molar-refractivity contribution in [1.82, 2.24) is 9.88 Å². The summed E-state index contributed by atoms with van der Waals surface area (Å²) < 4.78 is 54.9. The van der Waals surface area contributed by atoms with Crippen molar-refractivity contribution in [2.24, 2.45) is 0 Å². The van der Waals surface area contributed by atoms with Crippen molar-refractivity contribution >= 4 is 35.8 Å². The number of benzene rings is 1. The number of carbonyl (C=O) groups excluding carboxylic acids is 2. The molecule has 7 nitrogen and oxygen atoms in total. The van der Waals surface area contributed by atoms with Crippen molar-refractivity contribution in [3.8, 4) is 6.07 Å². The van der Waals surface area contributed by atoms with Crippen LogP contribution in [0, 0.1) is 17.1 Å². The molecule has 2 amide bonds. The van der Waals surface area contributed by atoms with Gasteiger partial charge in [0, 0.05) is 32.7 Å². The molecule has 2 aromatic rings. The number of hydrogen-bond donors (Lipinski definition) is 1. The zero-order valence-corrected chi connectivity index (χ0v) is 18.5. The van der Waals surface area contributed by atoms with Gasteiger partial charge in [0.1, 0.15) is 11.9 Å². The van der Waals surface area contributed by atoms with E-state index in [2.05, 4.69) is 17.6 Å². The molecule has 1 aromatic heterocycles. The van der Waals surface area contributed by atoms with Gasteiger partial charge in [-0.15, -0.1) is 12.6 Å². The normalized spacial score (nSPS) is 16.9. The van der Waals surface area contributed by atoms with Gasteiger partial charge in [0.25, 0.3) is 5.91 Å². The third-order valence-electron chi connectivity index (χ3n) is 5.05. The van der Waals surface area contributed by atoms with Gasteiger partial charge in [-0.05, 0) is 30.7 Å². The van der Waals surface area contributed by atoms with Gasteiger partial charge in [-0.25, -0.2) is 9.37 Å². The topological polar surface area (TPSA) is 80.5 Å². The lowest BCUT2D eigenvalue weighted by molar-refractivity contribution is -0.138. The molecular weight excluding hydrogens is 462 g/mol. The molecule has 1 saturated heterocycles. The summed E-state index contributed by atoms with van der Waals surface area (Å²) in [6.45, 7) is 0.257. The molecule has 0 N–H and O–H groups in total. The molecule has 1 atom stereocenters. The largest absolute Gasteiger partial charge is 0.419 e. The van der Waals surface area contributed by atoms with Crippen LogP contribution in [0.4, 0.5) is 28.9 Å². The molecule has 2 heterocycles. The summed E-state index contributed by atoms with van der Waals surface area (Å²) in [4.78, 5) is 32.2. The summed E-state index contributed by atoms with van der Waals surface area (Å²) in [6, 6.07) is 5.97. The zero-order chi connectivity index (χ0) is 24.5. The summed E-state index contributed by atoms with van der Waals surface area (Å²) in [6.07, 6.45) is -3.51. The number of thiol groups is 1. The standard InChI is InChI=1S/C21H19F4N5O2S/c1-28(2)19(32)14-6-5-12(9-16(14)22)29-7-3-4-18(31)30(20(29)33)13-8-15(21(23,24)25)17(10-26)27-11-13/h5-6,8-9,11,20,33H,3-4,7H2,1-2H3. The maximum Gasteiger partial charge on any atom is 0.419 e. The Kier molecular flexibility index (Phi) is 6.83. The molecule has 0 aliphatic carbocycles. The Morgan fingerprint density at radius 3 is 2.55 bits per heavy atom. The van der Waals surface area contributed by atoms with Crippen LogP contribution in [-0.4, -0.2) is 47.8 Å². The molecule has 0 radical (unpaired) electrons. The maximum absolute atomic E-state index is 14.7. The number of alkyl halides is 3. The average Bonchev–Trinajstić information content (AvgIpc) is 2.89. The first-order chi connectivity index (χ1) is 15.5.